The number of aryl methyl sites for hydroxylation is 1. The summed E-state index contributed by atoms with van der Waals surface area (Å²) < 4.78 is 0. The Bertz CT molecular complexity index is 3500. The lowest BCUT2D eigenvalue weighted by Crippen LogP contribution is -2.64. The van der Waals surface area contributed by atoms with E-state index in [1.165, 1.54) is 120 Å². The minimum atomic E-state index is -0.00927. The van der Waals surface area contributed by atoms with Gasteiger partial charge < -0.3 is 14.7 Å². The molecule has 1 fully saturated rings. The molecule has 0 spiro atoms. The summed E-state index contributed by atoms with van der Waals surface area (Å²) in [5, 5.41) is 2.48. The lowest BCUT2D eigenvalue weighted by Gasteiger charge is -2.52. The number of anilines is 8. The van der Waals surface area contributed by atoms with Crippen molar-refractivity contribution < 1.29 is 0 Å². The second-order valence-corrected chi connectivity index (χ2v) is 21.7. The van der Waals surface area contributed by atoms with Gasteiger partial charge in [0, 0.05) is 50.9 Å². The van der Waals surface area contributed by atoms with Crippen LogP contribution in [-0.2, 0) is 10.8 Å². The van der Waals surface area contributed by atoms with Gasteiger partial charge in [0.25, 0.3) is 6.71 Å². The fourth-order valence-electron chi connectivity index (χ4n) is 13.1. The number of para-hydroxylation sites is 2. The van der Waals surface area contributed by atoms with Gasteiger partial charge in [-0.1, -0.05) is 162 Å². The first-order valence-corrected chi connectivity index (χ1v) is 25.2. The quantitative estimate of drug-likeness (QED) is 0.154. The summed E-state index contributed by atoms with van der Waals surface area (Å²) in [7, 11) is 0. The van der Waals surface area contributed by atoms with Gasteiger partial charge in [0.05, 0.1) is 5.54 Å². The van der Waals surface area contributed by atoms with Crippen molar-refractivity contribution in [3.8, 4) is 22.3 Å². The maximum Gasteiger partial charge on any atom is 0.252 e. The molecule has 9 aromatic carbocycles. The Morgan fingerprint density at radius 3 is 2.01 bits per heavy atom. The summed E-state index contributed by atoms with van der Waals surface area (Å²) in [6.07, 6.45) is 4.95. The van der Waals surface area contributed by atoms with Gasteiger partial charge in [-0.2, -0.15) is 0 Å². The van der Waals surface area contributed by atoms with Crippen LogP contribution >= 0.6 is 0 Å². The second-order valence-electron chi connectivity index (χ2n) is 21.7. The maximum atomic E-state index is 2.83. The average Bonchev–Trinajstić information content (AvgIpc) is 3.59. The van der Waals surface area contributed by atoms with Crippen LogP contribution in [0, 0.1) is 6.92 Å². The number of nitrogens with zero attached hydrogens (tertiary/aromatic N) is 3. The van der Waals surface area contributed by atoms with Gasteiger partial charge in [-0.3, -0.25) is 0 Å². The van der Waals surface area contributed by atoms with Gasteiger partial charge in [0.2, 0.25) is 0 Å². The monoisotopic (exact) mass is 891 g/mol. The van der Waals surface area contributed by atoms with Gasteiger partial charge in [-0.25, -0.2) is 0 Å². The third-order valence-corrected chi connectivity index (χ3v) is 16.7. The van der Waals surface area contributed by atoms with Crippen LogP contribution in [0.1, 0.15) is 77.0 Å². The SMILES string of the molecule is Cc1cc2c3c(c1)N1c4c(cccc4C4(C)CCCCC14C)B3c1ccc(N(c3ccc(C(C)(C)C)cc3)c3cccc(-c4cc(-c5ccccc5)cc5ccccc45)c3)cc1N2c1ccccc1. The van der Waals surface area contributed by atoms with Crippen LogP contribution in [0.25, 0.3) is 33.0 Å². The van der Waals surface area contributed by atoms with E-state index in [0.717, 1.165) is 17.1 Å². The maximum absolute atomic E-state index is 2.83. The molecule has 9 aromatic rings. The zero-order valence-corrected chi connectivity index (χ0v) is 40.7. The van der Waals surface area contributed by atoms with Gasteiger partial charge >= 0.3 is 0 Å². The lowest BCUT2D eigenvalue weighted by atomic mass is 9.33. The number of rotatable bonds is 6. The smallest absolute Gasteiger partial charge is 0.252 e. The predicted molar refractivity (Wildman–Crippen MR) is 295 cm³/mol. The molecule has 3 aliphatic heterocycles. The van der Waals surface area contributed by atoms with Crippen LogP contribution in [0.5, 0.6) is 0 Å². The molecule has 3 nitrogen and oxygen atoms in total. The normalized spacial score (nSPS) is 18.7. The molecule has 69 heavy (non-hydrogen) atoms. The Kier molecular flexibility index (Phi) is 9.32. The van der Waals surface area contributed by atoms with Crippen molar-refractivity contribution in [2.45, 2.75) is 83.6 Å². The molecule has 0 radical (unpaired) electrons. The Hall–Kier alpha value is -7.30. The van der Waals surface area contributed by atoms with Crippen LogP contribution in [-0.4, -0.2) is 12.3 Å². The Labute approximate surface area is 408 Å². The highest BCUT2D eigenvalue weighted by Crippen LogP contribution is 2.62. The minimum Gasteiger partial charge on any atom is -0.335 e. The fraction of sp³-hybridized carbons (Fsp3) is 0.200. The van der Waals surface area contributed by atoms with Crippen molar-refractivity contribution >= 4 is 79.4 Å². The van der Waals surface area contributed by atoms with Crippen molar-refractivity contribution in [3.05, 3.63) is 211 Å². The summed E-state index contributed by atoms with van der Waals surface area (Å²) in [5.74, 6) is 0. The molecule has 2 unspecified atom stereocenters. The molecular formula is C65H58BN3. The zero-order chi connectivity index (χ0) is 46.8. The predicted octanol–water partition coefficient (Wildman–Crippen LogP) is 15.6. The molecule has 2 atom stereocenters. The van der Waals surface area contributed by atoms with Gasteiger partial charge in [-0.05, 0) is 171 Å². The Balaban J connectivity index is 1.04. The summed E-state index contributed by atoms with van der Waals surface area (Å²) in [4.78, 5) is 7.89. The number of hydrogen-bond acceptors (Lipinski definition) is 3. The second kappa shape index (κ2) is 15.4. The van der Waals surface area contributed by atoms with Crippen LogP contribution in [0.2, 0.25) is 0 Å². The fourth-order valence-corrected chi connectivity index (χ4v) is 13.1. The van der Waals surface area contributed by atoms with E-state index in [-0.39, 0.29) is 23.1 Å². The zero-order valence-electron chi connectivity index (χ0n) is 40.7. The topological polar surface area (TPSA) is 9.72 Å². The third kappa shape index (κ3) is 6.27. The number of fused-ring (bicyclic) bond motifs is 8. The first-order chi connectivity index (χ1) is 33.5. The standard InChI is InChI=1S/C65H58BN3/c1-43-37-59-61-60(38-43)69-62-55(64(5)35-15-16-36-65(64,69)6)27-18-28-57(62)66(61)56-34-33-52(42-58(56)68(59)49-23-11-8-12-24-49)67(50-31-29-48(30-32-50)63(2,3)4)51-25-17-22-46(40-51)54-41-47(44-19-9-7-10-20-44)39-45-21-13-14-26-53(45)54/h7-14,17-34,37-42H,15-16,35-36H2,1-6H3. The highest BCUT2D eigenvalue weighted by atomic mass is 15.3. The molecular weight excluding hydrogens is 834 g/mol. The minimum absolute atomic E-state index is 0.00927. The molecule has 0 amide bonds. The van der Waals surface area contributed by atoms with Crippen molar-refractivity contribution in [2.24, 2.45) is 0 Å². The van der Waals surface area contributed by atoms with Crippen molar-refractivity contribution in [2.75, 3.05) is 14.7 Å². The molecule has 0 bridgehead atoms. The van der Waals surface area contributed by atoms with Gasteiger partial charge in [-0.15, -0.1) is 0 Å². The first-order valence-electron chi connectivity index (χ1n) is 25.2. The van der Waals surface area contributed by atoms with Crippen LogP contribution < -0.4 is 31.1 Å². The van der Waals surface area contributed by atoms with Crippen molar-refractivity contribution in [1.29, 1.82) is 0 Å². The summed E-state index contributed by atoms with van der Waals surface area (Å²) in [6.45, 7) is 14.4. The van der Waals surface area contributed by atoms with E-state index < -0.39 is 0 Å². The van der Waals surface area contributed by atoms with Crippen LogP contribution in [0.4, 0.5) is 45.5 Å². The van der Waals surface area contributed by atoms with E-state index in [4.69, 9.17) is 0 Å². The average molecular weight is 892 g/mol. The molecule has 4 aliphatic rings. The molecule has 1 aliphatic carbocycles. The number of benzene rings is 9. The Morgan fingerprint density at radius 1 is 0.536 bits per heavy atom. The van der Waals surface area contributed by atoms with Crippen molar-refractivity contribution in [1.82, 2.24) is 0 Å². The van der Waals surface area contributed by atoms with E-state index in [1.807, 2.05) is 0 Å². The largest absolute Gasteiger partial charge is 0.335 e. The number of hydrogen-bond donors (Lipinski definition) is 0. The van der Waals surface area contributed by atoms with Crippen LogP contribution in [0.15, 0.2) is 194 Å². The molecule has 13 rings (SSSR count). The van der Waals surface area contributed by atoms with Gasteiger partial charge in [0.1, 0.15) is 0 Å². The lowest BCUT2D eigenvalue weighted by molar-refractivity contribution is 0.195. The molecule has 336 valence electrons. The summed E-state index contributed by atoms with van der Waals surface area (Å²) in [5.41, 5.74) is 23.2. The molecule has 1 saturated carbocycles. The van der Waals surface area contributed by atoms with E-state index >= 15 is 0 Å². The van der Waals surface area contributed by atoms with E-state index in [1.54, 1.807) is 0 Å². The molecule has 0 N–H and O–H groups in total. The highest BCUT2D eigenvalue weighted by molar-refractivity contribution is 7.00. The van der Waals surface area contributed by atoms with E-state index in [0.29, 0.717) is 0 Å². The molecule has 3 heterocycles. The highest BCUT2D eigenvalue weighted by Gasteiger charge is 2.61. The van der Waals surface area contributed by atoms with Gasteiger partial charge in [0.15, 0.2) is 0 Å². The van der Waals surface area contributed by atoms with Crippen molar-refractivity contribution in [3.63, 3.8) is 0 Å². The Morgan fingerprint density at radius 2 is 1.22 bits per heavy atom. The first kappa shape index (κ1) is 41.9. The summed E-state index contributed by atoms with van der Waals surface area (Å²) in [6, 6.07) is 73.5. The molecule has 0 saturated heterocycles. The van der Waals surface area contributed by atoms with Crippen LogP contribution in [0.3, 0.4) is 0 Å². The molecule has 4 heteroatoms. The third-order valence-electron chi connectivity index (χ3n) is 16.7. The van der Waals surface area contributed by atoms with E-state index in [9.17, 15) is 0 Å². The summed E-state index contributed by atoms with van der Waals surface area (Å²) >= 11 is 0. The molecule has 0 aromatic heterocycles. The van der Waals surface area contributed by atoms with E-state index in [2.05, 4.69) is 250 Å².